The summed E-state index contributed by atoms with van der Waals surface area (Å²) in [7, 11) is 0. The number of hydrogen-bond acceptors (Lipinski definition) is 3. The number of carbonyl (C=O) groups is 1. The highest BCUT2D eigenvalue weighted by atomic mass is 35.5. The maximum atomic E-state index is 12.3. The molecule has 0 unspecified atom stereocenters. The molecule has 0 radical (unpaired) electrons. The summed E-state index contributed by atoms with van der Waals surface area (Å²) in [4.78, 5) is 18.2. The van der Waals surface area contributed by atoms with Gasteiger partial charge in [-0.05, 0) is 18.2 Å². The molecule has 0 spiro atoms. The van der Waals surface area contributed by atoms with Gasteiger partial charge in [0, 0.05) is 18.7 Å². The molecule has 0 atom stereocenters. The van der Waals surface area contributed by atoms with E-state index in [0.29, 0.717) is 43.4 Å². The van der Waals surface area contributed by atoms with Crippen molar-refractivity contribution in [1.29, 1.82) is 0 Å². The first kappa shape index (κ1) is 13.8. The fourth-order valence-corrected chi connectivity index (χ4v) is 1.91. The van der Waals surface area contributed by atoms with Crippen LogP contribution in [0.2, 0.25) is 0 Å². The zero-order valence-corrected chi connectivity index (χ0v) is 11.3. The zero-order chi connectivity index (χ0) is 13.7. The van der Waals surface area contributed by atoms with Crippen LogP contribution in [-0.4, -0.2) is 48.8 Å². The molecule has 1 fully saturated rings. The molecule has 102 valence electrons. The summed E-state index contributed by atoms with van der Waals surface area (Å²) in [6, 6.07) is 7.06. The Labute approximate surface area is 117 Å². The van der Waals surface area contributed by atoms with E-state index in [1.54, 1.807) is 29.2 Å². The van der Waals surface area contributed by atoms with Crippen molar-refractivity contribution < 1.29 is 9.53 Å². The Morgan fingerprint density at radius 3 is 2.84 bits per heavy atom. The third-order valence-electron chi connectivity index (χ3n) is 2.80. The van der Waals surface area contributed by atoms with Crippen LogP contribution in [0.4, 0.5) is 5.69 Å². The molecule has 1 aromatic rings. The van der Waals surface area contributed by atoms with Crippen LogP contribution >= 0.6 is 11.6 Å². The number of hydrogen-bond donors (Lipinski definition) is 1. The first-order valence-corrected chi connectivity index (χ1v) is 6.60. The van der Waals surface area contributed by atoms with Crippen LogP contribution in [0.5, 0.6) is 0 Å². The molecular formula is C13H16ClN3O2. The number of halogens is 1. The van der Waals surface area contributed by atoms with E-state index in [4.69, 9.17) is 22.1 Å². The molecule has 0 aliphatic carbocycles. The lowest BCUT2D eigenvalue weighted by Crippen LogP contribution is -2.40. The van der Waals surface area contributed by atoms with Crippen molar-refractivity contribution in [2.45, 2.75) is 0 Å². The largest absolute Gasteiger partial charge is 0.386 e. The summed E-state index contributed by atoms with van der Waals surface area (Å²) >= 11 is 5.58. The van der Waals surface area contributed by atoms with Gasteiger partial charge in [-0.15, -0.1) is 11.6 Å². The molecule has 2 N–H and O–H groups in total. The molecule has 0 bridgehead atoms. The smallest absolute Gasteiger partial charge is 0.254 e. The van der Waals surface area contributed by atoms with E-state index in [-0.39, 0.29) is 11.8 Å². The van der Waals surface area contributed by atoms with Crippen LogP contribution < -0.4 is 5.73 Å². The number of amides is 1. The third kappa shape index (κ3) is 3.68. The van der Waals surface area contributed by atoms with Crippen molar-refractivity contribution in [1.82, 2.24) is 4.90 Å². The first-order chi connectivity index (χ1) is 9.20. The van der Waals surface area contributed by atoms with Gasteiger partial charge in [-0.25, -0.2) is 4.99 Å². The maximum Gasteiger partial charge on any atom is 0.254 e. The summed E-state index contributed by atoms with van der Waals surface area (Å²) in [5, 5.41) is 0. The van der Waals surface area contributed by atoms with E-state index in [2.05, 4.69) is 4.99 Å². The minimum Gasteiger partial charge on any atom is -0.386 e. The van der Waals surface area contributed by atoms with E-state index >= 15 is 0 Å². The second-order valence-electron chi connectivity index (χ2n) is 4.19. The van der Waals surface area contributed by atoms with Crippen molar-refractivity contribution in [3.05, 3.63) is 29.8 Å². The quantitative estimate of drug-likeness (QED) is 0.517. The topological polar surface area (TPSA) is 67.9 Å². The predicted molar refractivity (Wildman–Crippen MR) is 75.2 cm³/mol. The van der Waals surface area contributed by atoms with Crippen molar-refractivity contribution in [3.63, 3.8) is 0 Å². The van der Waals surface area contributed by atoms with Crippen molar-refractivity contribution in [3.8, 4) is 0 Å². The summed E-state index contributed by atoms with van der Waals surface area (Å²) in [5.74, 6) is 0.490. The lowest BCUT2D eigenvalue weighted by Gasteiger charge is -2.26. The Balaban J connectivity index is 2.15. The van der Waals surface area contributed by atoms with Gasteiger partial charge in [-0.1, -0.05) is 6.07 Å². The maximum absolute atomic E-state index is 12.3. The van der Waals surface area contributed by atoms with Crippen LogP contribution in [0.1, 0.15) is 10.4 Å². The van der Waals surface area contributed by atoms with Gasteiger partial charge in [0.05, 0.1) is 24.8 Å². The fraction of sp³-hybridized carbons (Fsp3) is 0.385. The highest BCUT2D eigenvalue weighted by molar-refractivity contribution is 6.28. The van der Waals surface area contributed by atoms with E-state index in [9.17, 15) is 4.79 Å². The Kier molecular flexibility index (Phi) is 4.76. The minimum atomic E-state index is -0.00945. The molecule has 1 saturated heterocycles. The van der Waals surface area contributed by atoms with Gasteiger partial charge >= 0.3 is 0 Å². The molecule has 0 saturated carbocycles. The summed E-state index contributed by atoms with van der Waals surface area (Å²) in [6.07, 6.45) is 0. The number of benzene rings is 1. The number of nitrogens with two attached hydrogens (primary N) is 1. The number of rotatable bonds is 3. The average Bonchev–Trinajstić information content (AvgIpc) is 2.47. The number of ether oxygens (including phenoxy) is 1. The molecule has 1 amide bonds. The summed E-state index contributed by atoms with van der Waals surface area (Å²) < 4.78 is 5.23. The Morgan fingerprint density at radius 1 is 1.42 bits per heavy atom. The number of nitrogens with zero attached hydrogens (tertiary/aromatic N) is 2. The number of amidine groups is 1. The first-order valence-electron chi connectivity index (χ1n) is 6.07. The molecule has 1 aliphatic rings. The lowest BCUT2D eigenvalue weighted by atomic mass is 10.1. The highest BCUT2D eigenvalue weighted by Gasteiger charge is 2.18. The van der Waals surface area contributed by atoms with Gasteiger partial charge in [0.2, 0.25) is 0 Å². The van der Waals surface area contributed by atoms with Gasteiger partial charge in [-0.3, -0.25) is 4.79 Å². The molecule has 0 aromatic heterocycles. The number of alkyl halides is 1. The van der Waals surface area contributed by atoms with Crippen LogP contribution in [-0.2, 0) is 4.74 Å². The molecule has 6 heteroatoms. The molecule has 1 aromatic carbocycles. The minimum absolute atomic E-state index is 0.00945. The Hall–Kier alpha value is -1.59. The van der Waals surface area contributed by atoms with E-state index in [1.807, 2.05) is 0 Å². The standard InChI is InChI=1S/C13H16ClN3O2/c14-9-12(15)16-11-3-1-2-10(8-11)13(18)17-4-6-19-7-5-17/h1-3,8H,4-7,9H2,(H2,15,16). The van der Waals surface area contributed by atoms with Gasteiger partial charge in [0.1, 0.15) is 5.84 Å². The third-order valence-corrected chi connectivity index (χ3v) is 3.07. The molecular weight excluding hydrogens is 266 g/mol. The number of aliphatic imine (C=N–C) groups is 1. The SMILES string of the molecule is NC(CCl)=Nc1cccc(C(=O)N2CCOCC2)c1. The second kappa shape index (κ2) is 6.54. The molecule has 1 aliphatic heterocycles. The number of carbonyl (C=O) groups excluding carboxylic acids is 1. The van der Waals surface area contributed by atoms with E-state index in [1.165, 1.54) is 0 Å². The average molecular weight is 282 g/mol. The van der Waals surface area contributed by atoms with Crippen LogP contribution in [0.25, 0.3) is 0 Å². The van der Waals surface area contributed by atoms with E-state index in [0.717, 1.165) is 0 Å². The van der Waals surface area contributed by atoms with Crippen LogP contribution in [0.3, 0.4) is 0 Å². The molecule has 1 heterocycles. The zero-order valence-electron chi connectivity index (χ0n) is 10.5. The Morgan fingerprint density at radius 2 is 2.16 bits per heavy atom. The molecule has 2 rings (SSSR count). The summed E-state index contributed by atoms with van der Waals surface area (Å²) in [5.41, 5.74) is 6.82. The van der Waals surface area contributed by atoms with Gasteiger partial charge in [-0.2, -0.15) is 0 Å². The van der Waals surface area contributed by atoms with Gasteiger partial charge < -0.3 is 15.4 Å². The van der Waals surface area contributed by atoms with Gasteiger partial charge in [0.25, 0.3) is 5.91 Å². The highest BCUT2D eigenvalue weighted by Crippen LogP contribution is 2.16. The van der Waals surface area contributed by atoms with Crippen LogP contribution in [0.15, 0.2) is 29.3 Å². The van der Waals surface area contributed by atoms with E-state index < -0.39 is 0 Å². The predicted octanol–water partition coefficient (Wildman–Crippen LogP) is 1.39. The summed E-state index contributed by atoms with van der Waals surface area (Å²) in [6.45, 7) is 2.41. The van der Waals surface area contributed by atoms with Gasteiger partial charge in [0.15, 0.2) is 0 Å². The monoisotopic (exact) mass is 281 g/mol. The van der Waals surface area contributed by atoms with Crippen molar-refractivity contribution in [2.24, 2.45) is 10.7 Å². The Bertz CT molecular complexity index is 485. The van der Waals surface area contributed by atoms with Crippen molar-refractivity contribution >= 4 is 29.0 Å². The van der Waals surface area contributed by atoms with Crippen LogP contribution in [0, 0.1) is 0 Å². The lowest BCUT2D eigenvalue weighted by molar-refractivity contribution is 0.0303. The number of morpholine rings is 1. The van der Waals surface area contributed by atoms with Crippen molar-refractivity contribution in [2.75, 3.05) is 32.2 Å². The molecule has 5 nitrogen and oxygen atoms in total. The fourth-order valence-electron chi connectivity index (χ4n) is 1.85. The molecule has 19 heavy (non-hydrogen) atoms. The normalized spacial score (nSPS) is 16.5. The second-order valence-corrected chi connectivity index (χ2v) is 4.46.